The van der Waals surface area contributed by atoms with Crippen molar-refractivity contribution in [1.29, 1.82) is 0 Å². The summed E-state index contributed by atoms with van der Waals surface area (Å²) >= 11 is 3.33. The van der Waals surface area contributed by atoms with E-state index in [2.05, 4.69) is 15.9 Å². The Morgan fingerprint density at radius 2 is 1.81 bits per heavy atom. The molecule has 1 aliphatic heterocycles. The van der Waals surface area contributed by atoms with Crippen molar-refractivity contribution < 1.29 is 23.9 Å². The fraction of sp³-hybridized carbons (Fsp3) is 0.526. The van der Waals surface area contributed by atoms with Crippen molar-refractivity contribution in [3.63, 3.8) is 0 Å². The molecule has 0 aromatic heterocycles. The van der Waals surface area contributed by atoms with E-state index >= 15 is 0 Å². The minimum absolute atomic E-state index is 0.00734. The number of likely N-dealkylation sites (tertiary alicyclic amines) is 1. The van der Waals surface area contributed by atoms with Crippen molar-refractivity contribution >= 4 is 33.7 Å². The second-order valence-corrected chi connectivity index (χ2v) is 7.32. The average Bonchev–Trinajstić information content (AvgIpc) is 2.67. The Hall–Kier alpha value is -2.09. The van der Waals surface area contributed by atoms with Gasteiger partial charge in [0.15, 0.2) is 6.61 Å². The van der Waals surface area contributed by atoms with Crippen LogP contribution in [0.25, 0.3) is 0 Å². The number of likely N-dealkylation sites (N-methyl/N-ethyl adjacent to an activating group) is 1. The topological polar surface area (TPSA) is 76.2 Å². The van der Waals surface area contributed by atoms with E-state index in [0.717, 1.165) is 4.47 Å². The molecule has 0 atom stereocenters. The van der Waals surface area contributed by atoms with Gasteiger partial charge in [-0.1, -0.05) is 15.9 Å². The smallest absolute Gasteiger partial charge is 0.309 e. The van der Waals surface area contributed by atoms with Crippen LogP contribution in [0, 0.1) is 5.92 Å². The quantitative estimate of drug-likeness (QED) is 0.606. The van der Waals surface area contributed by atoms with E-state index in [1.54, 1.807) is 31.0 Å². The molecule has 2 rings (SSSR count). The van der Waals surface area contributed by atoms with Crippen molar-refractivity contribution in [2.75, 3.05) is 39.9 Å². The van der Waals surface area contributed by atoms with Crippen molar-refractivity contribution in [3.8, 4) is 5.75 Å². The van der Waals surface area contributed by atoms with E-state index in [0.29, 0.717) is 38.3 Å². The van der Waals surface area contributed by atoms with Gasteiger partial charge in [-0.15, -0.1) is 0 Å². The van der Waals surface area contributed by atoms with Crippen LogP contribution in [0.1, 0.15) is 19.8 Å². The SMILES string of the molecule is CCOC(=O)C1CCN(C(=O)CN(C)C(=O)COc2ccc(Br)cc2)CC1. The van der Waals surface area contributed by atoms with Crippen molar-refractivity contribution in [2.45, 2.75) is 19.8 Å². The standard InChI is InChI=1S/C19H25BrN2O5/c1-3-26-19(25)14-8-10-22(11-9-14)17(23)12-21(2)18(24)13-27-16-6-4-15(20)5-7-16/h4-7,14H,3,8-13H2,1-2H3. The number of rotatable bonds is 7. The van der Waals surface area contributed by atoms with E-state index in [1.165, 1.54) is 4.90 Å². The molecule has 1 aromatic carbocycles. The Kier molecular flexibility index (Phi) is 8.09. The van der Waals surface area contributed by atoms with E-state index in [1.807, 2.05) is 12.1 Å². The predicted octanol–water partition coefficient (Wildman–Crippen LogP) is 2.09. The highest BCUT2D eigenvalue weighted by Crippen LogP contribution is 2.19. The minimum Gasteiger partial charge on any atom is -0.484 e. The van der Waals surface area contributed by atoms with Crippen LogP contribution in [-0.4, -0.2) is 67.5 Å². The lowest BCUT2D eigenvalue weighted by Gasteiger charge is -2.32. The second kappa shape index (κ2) is 10.3. The summed E-state index contributed by atoms with van der Waals surface area (Å²) in [6.07, 6.45) is 1.18. The zero-order valence-corrected chi connectivity index (χ0v) is 17.2. The summed E-state index contributed by atoms with van der Waals surface area (Å²) in [5.74, 6) is -0.147. The Labute approximate surface area is 167 Å². The zero-order valence-electron chi connectivity index (χ0n) is 15.7. The lowest BCUT2D eigenvalue weighted by atomic mass is 9.97. The van der Waals surface area contributed by atoms with Gasteiger partial charge >= 0.3 is 5.97 Å². The van der Waals surface area contributed by atoms with Crippen molar-refractivity contribution in [3.05, 3.63) is 28.7 Å². The van der Waals surface area contributed by atoms with E-state index < -0.39 is 0 Å². The number of piperidine rings is 1. The fourth-order valence-corrected chi connectivity index (χ4v) is 3.07. The number of ether oxygens (including phenoxy) is 2. The van der Waals surface area contributed by atoms with Gasteiger partial charge in [-0.25, -0.2) is 0 Å². The van der Waals surface area contributed by atoms with Gasteiger partial charge in [-0.2, -0.15) is 0 Å². The van der Waals surface area contributed by atoms with Crippen LogP contribution in [0.15, 0.2) is 28.7 Å². The molecule has 0 saturated carbocycles. The van der Waals surface area contributed by atoms with Crippen LogP contribution in [0.2, 0.25) is 0 Å². The Balaban J connectivity index is 1.73. The molecular formula is C19H25BrN2O5. The molecule has 1 fully saturated rings. The summed E-state index contributed by atoms with van der Waals surface area (Å²) < 4.78 is 11.4. The average molecular weight is 441 g/mol. The summed E-state index contributed by atoms with van der Waals surface area (Å²) in [7, 11) is 1.58. The highest BCUT2D eigenvalue weighted by Gasteiger charge is 2.28. The molecule has 7 nitrogen and oxygen atoms in total. The van der Waals surface area contributed by atoms with Gasteiger partial charge in [-0.3, -0.25) is 14.4 Å². The molecular weight excluding hydrogens is 416 g/mol. The van der Waals surface area contributed by atoms with E-state index in [4.69, 9.17) is 9.47 Å². The summed E-state index contributed by atoms with van der Waals surface area (Å²) in [4.78, 5) is 39.4. The summed E-state index contributed by atoms with van der Waals surface area (Å²) in [6.45, 7) is 3.01. The summed E-state index contributed by atoms with van der Waals surface area (Å²) in [5.41, 5.74) is 0. The molecule has 1 aromatic rings. The maximum Gasteiger partial charge on any atom is 0.309 e. The van der Waals surface area contributed by atoms with Crippen LogP contribution in [-0.2, 0) is 19.1 Å². The first kappa shape index (κ1) is 21.2. The van der Waals surface area contributed by atoms with Crippen LogP contribution >= 0.6 is 15.9 Å². The van der Waals surface area contributed by atoms with Gasteiger partial charge < -0.3 is 19.3 Å². The summed E-state index contributed by atoms with van der Waals surface area (Å²) in [6, 6.07) is 7.17. The largest absolute Gasteiger partial charge is 0.484 e. The lowest BCUT2D eigenvalue weighted by molar-refractivity contribution is -0.151. The Bertz CT molecular complexity index is 657. The van der Waals surface area contributed by atoms with E-state index in [-0.39, 0.29) is 36.9 Å². The molecule has 27 heavy (non-hydrogen) atoms. The normalized spacial score (nSPS) is 14.6. The van der Waals surface area contributed by atoms with Gasteiger partial charge in [0, 0.05) is 24.6 Å². The third kappa shape index (κ3) is 6.53. The van der Waals surface area contributed by atoms with Crippen LogP contribution in [0.3, 0.4) is 0 Å². The number of carbonyl (C=O) groups excluding carboxylic acids is 3. The molecule has 0 spiro atoms. The molecule has 8 heteroatoms. The third-order valence-electron chi connectivity index (χ3n) is 4.44. The number of esters is 1. The van der Waals surface area contributed by atoms with Crippen LogP contribution < -0.4 is 4.74 Å². The maximum absolute atomic E-state index is 12.4. The van der Waals surface area contributed by atoms with Gasteiger partial charge in [0.2, 0.25) is 5.91 Å². The number of amides is 2. The number of nitrogens with zero attached hydrogens (tertiary/aromatic N) is 2. The van der Waals surface area contributed by atoms with Crippen molar-refractivity contribution in [2.24, 2.45) is 5.92 Å². The fourth-order valence-electron chi connectivity index (χ4n) is 2.80. The first-order valence-corrected chi connectivity index (χ1v) is 9.76. The molecule has 1 heterocycles. The lowest BCUT2D eigenvalue weighted by Crippen LogP contribution is -2.46. The first-order valence-electron chi connectivity index (χ1n) is 8.97. The van der Waals surface area contributed by atoms with Crippen LogP contribution in [0.4, 0.5) is 0 Å². The number of halogens is 1. The molecule has 0 bridgehead atoms. The Morgan fingerprint density at radius 3 is 2.41 bits per heavy atom. The second-order valence-electron chi connectivity index (χ2n) is 6.40. The van der Waals surface area contributed by atoms with Gasteiger partial charge in [0.05, 0.1) is 19.1 Å². The molecule has 148 valence electrons. The molecule has 1 saturated heterocycles. The van der Waals surface area contributed by atoms with Gasteiger partial charge in [-0.05, 0) is 44.0 Å². The number of carbonyl (C=O) groups is 3. The number of hydrogen-bond acceptors (Lipinski definition) is 5. The molecule has 0 N–H and O–H groups in total. The first-order chi connectivity index (χ1) is 12.9. The number of hydrogen-bond donors (Lipinski definition) is 0. The molecule has 0 aliphatic carbocycles. The third-order valence-corrected chi connectivity index (χ3v) is 4.97. The predicted molar refractivity (Wildman–Crippen MR) is 103 cm³/mol. The Morgan fingerprint density at radius 1 is 1.19 bits per heavy atom. The molecule has 0 unspecified atom stereocenters. The van der Waals surface area contributed by atoms with E-state index in [9.17, 15) is 14.4 Å². The summed E-state index contributed by atoms with van der Waals surface area (Å²) in [5, 5.41) is 0. The highest BCUT2D eigenvalue weighted by atomic mass is 79.9. The van der Waals surface area contributed by atoms with Gasteiger partial charge in [0.1, 0.15) is 5.75 Å². The number of benzene rings is 1. The molecule has 2 amide bonds. The minimum atomic E-state index is -0.271. The molecule has 0 radical (unpaired) electrons. The maximum atomic E-state index is 12.4. The highest BCUT2D eigenvalue weighted by molar-refractivity contribution is 9.10. The zero-order chi connectivity index (χ0) is 19.8. The van der Waals surface area contributed by atoms with Crippen molar-refractivity contribution in [1.82, 2.24) is 9.80 Å². The molecule has 1 aliphatic rings. The van der Waals surface area contributed by atoms with Gasteiger partial charge in [0.25, 0.3) is 5.91 Å². The van der Waals surface area contributed by atoms with Crippen LogP contribution in [0.5, 0.6) is 5.75 Å². The monoisotopic (exact) mass is 440 g/mol.